The zero-order valence-electron chi connectivity index (χ0n) is 18.9. The molecule has 3 rings (SSSR count). The third kappa shape index (κ3) is 5.94. The van der Waals surface area contributed by atoms with Gasteiger partial charge in [0.25, 0.3) is 0 Å². The minimum absolute atomic E-state index is 0.121. The summed E-state index contributed by atoms with van der Waals surface area (Å²) >= 11 is 0. The van der Waals surface area contributed by atoms with Crippen molar-refractivity contribution in [2.45, 2.75) is 46.0 Å². The molecule has 1 aromatic heterocycles. The molecule has 1 aromatic carbocycles. The van der Waals surface area contributed by atoms with E-state index in [0.717, 1.165) is 43.8 Å². The summed E-state index contributed by atoms with van der Waals surface area (Å²) in [5, 5.41) is 3.66. The molecular formula is C24H35N5O2. The van der Waals surface area contributed by atoms with Gasteiger partial charge in [0.05, 0.1) is 12.8 Å². The van der Waals surface area contributed by atoms with Crippen molar-refractivity contribution < 1.29 is 9.53 Å². The van der Waals surface area contributed by atoms with E-state index in [9.17, 15) is 4.79 Å². The molecule has 7 nitrogen and oxygen atoms in total. The first kappa shape index (κ1) is 23.0. The second-order valence-electron chi connectivity index (χ2n) is 8.29. The number of aliphatic imine (C=N–C) groups is 1. The number of nitrogens with zero attached hydrogens (tertiary/aromatic N) is 3. The van der Waals surface area contributed by atoms with E-state index in [0.29, 0.717) is 22.8 Å². The fourth-order valence-corrected chi connectivity index (χ4v) is 4.33. The SMILES string of the molecule is CCC(CC)CCN1CCC[C@H](/C(N)=N/C(=O)Nc2ccc(OC)c3ncccc23)C1. The van der Waals surface area contributed by atoms with Gasteiger partial charge in [0.1, 0.15) is 17.1 Å². The minimum atomic E-state index is -0.457. The van der Waals surface area contributed by atoms with Crippen LogP contribution in [0.1, 0.15) is 46.0 Å². The molecule has 1 aliphatic rings. The topological polar surface area (TPSA) is 92.8 Å². The molecule has 1 aliphatic heterocycles. The Morgan fingerprint density at radius 1 is 1.35 bits per heavy atom. The summed E-state index contributed by atoms with van der Waals surface area (Å²) in [4.78, 5) is 23.6. The lowest BCUT2D eigenvalue weighted by molar-refractivity contribution is 0.189. The van der Waals surface area contributed by atoms with Crippen molar-refractivity contribution in [1.29, 1.82) is 0 Å². The quantitative estimate of drug-likeness (QED) is 0.473. The van der Waals surface area contributed by atoms with E-state index in [4.69, 9.17) is 10.5 Å². The number of pyridine rings is 1. The monoisotopic (exact) mass is 425 g/mol. The highest BCUT2D eigenvalue weighted by Gasteiger charge is 2.23. The molecule has 0 bridgehead atoms. The minimum Gasteiger partial charge on any atom is -0.494 e. The van der Waals surface area contributed by atoms with Crippen LogP contribution in [0.25, 0.3) is 10.9 Å². The summed E-state index contributed by atoms with van der Waals surface area (Å²) < 4.78 is 5.36. The molecule has 168 valence electrons. The molecule has 0 spiro atoms. The van der Waals surface area contributed by atoms with Gasteiger partial charge in [-0.1, -0.05) is 26.7 Å². The summed E-state index contributed by atoms with van der Waals surface area (Å²) in [7, 11) is 1.60. The van der Waals surface area contributed by atoms with E-state index < -0.39 is 6.03 Å². The Bertz CT molecular complexity index is 910. The number of nitrogens with one attached hydrogen (secondary N) is 1. The first-order valence-corrected chi connectivity index (χ1v) is 11.3. The molecule has 2 heterocycles. The zero-order valence-corrected chi connectivity index (χ0v) is 18.9. The van der Waals surface area contributed by atoms with Gasteiger partial charge in [0.2, 0.25) is 0 Å². The molecule has 2 aromatic rings. The molecular weight excluding hydrogens is 390 g/mol. The average Bonchev–Trinajstić information content (AvgIpc) is 2.80. The van der Waals surface area contributed by atoms with Crippen LogP contribution in [0.15, 0.2) is 35.5 Å². The number of fused-ring (bicyclic) bond motifs is 1. The van der Waals surface area contributed by atoms with Gasteiger partial charge in [-0.15, -0.1) is 0 Å². The molecule has 0 radical (unpaired) electrons. The standard InChI is InChI=1S/C24H35N5O2/c1-4-17(5-2)12-15-29-14-7-8-18(16-29)23(25)28-24(30)27-20-10-11-21(31-3)22-19(20)9-6-13-26-22/h6,9-11,13,17-18H,4-5,7-8,12,14-16H2,1-3H3,(H3,25,27,28,30)/t18-/m0/s1. The van der Waals surface area contributed by atoms with Gasteiger partial charge < -0.3 is 20.7 Å². The van der Waals surface area contributed by atoms with Gasteiger partial charge in [0.15, 0.2) is 0 Å². The van der Waals surface area contributed by atoms with Crippen LogP contribution >= 0.6 is 0 Å². The van der Waals surface area contributed by atoms with Gasteiger partial charge in [-0.2, -0.15) is 4.99 Å². The maximum absolute atomic E-state index is 12.6. The van der Waals surface area contributed by atoms with Crippen molar-refractivity contribution in [2.75, 3.05) is 32.1 Å². The maximum atomic E-state index is 12.6. The average molecular weight is 426 g/mol. The zero-order chi connectivity index (χ0) is 22.2. The molecule has 1 saturated heterocycles. The molecule has 1 fully saturated rings. The summed E-state index contributed by atoms with van der Waals surface area (Å²) in [6.45, 7) is 7.59. The highest BCUT2D eigenvalue weighted by Crippen LogP contribution is 2.29. The van der Waals surface area contributed by atoms with Crippen LogP contribution in [0.4, 0.5) is 10.5 Å². The van der Waals surface area contributed by atoms with E-state index in [2.05, 4.69) is 34.0 Å². The first-order chi connectivity index (χ1) is 15.0. The third-order valence-corrected chi connectivity index (χ3v) is 6.36. The van der Waals surface area contributed by atoms with Crippen LogP contribution in [0.2, 0.25) is 0 Å². The van der Waals surface area contributed by atoms with Crippen molar-refractivity contribution >= 4 is 28.5 Å². The Balaban J connectivity index is 1.64. The molecule has 2 amide bonds. The van der Waals surface area contributed by atoms with Gasteiger partial charge >= 0.3 is 6.03 Å². The Morgan fingerprint density at radius 3 is 2.90 bits per heavy atom. The number of likely N-dealkylation sites (tertiary alicyclic amines) is 1. The first-order valence-electron chi connectivity index (χ1n) is 11.3. The molecule has 1 atom stereocenters. The van der Waals surface area contributed by atoms with E-state index in [1.807, 2.05) is 12.1 Å². The van der Waals surface area contributed by atoms with Crippen LogP contribution in [0.5, 0.6) is 5.75 Å². The third-order valence-electron chi connectivity index (χ3n) is 6.36. The Kier molecular flexibility index (Phi) is 8.23. The number of rotatable bonds is 8. The number of hydrogen-bond donors (Lipinski definition) is 2. The number of aromatic nitrogens is 1. The predicted molar refractivity (Wildman–Crippen MR) is 127 cm³/mol. The van der Waals surface area contributed by atoms with Crippen LogP contribution < -0.4 is 15.8 Å². The largest absolute Gasteiger partial charge is 0.494 e. The van der Waals surface area contributed by atoms with Crippen LogP contribution in [-0.2, 0) is 0 Å². The molecule has 31 heavy (non-hydrogen) atoms. The number of benzene rings is 1. The number of amides is 2. The van der Waals surface area contributed by atoms with Crippen molar-refractivity contribution in [3.8, 4) is 5.75 Å². The molecule has 7 heteroatoms. The summed E-state index contributed by atoms with van der Waals surface area (Å²) in [6.07, 6.45) is 7.43. The number of methoxy groups -OCH3 is 1. The van der Waals surface area contributed by atoms with Crippen molar-refractivity contribution in [3.63, 3.8) is 0 Å². The number of carbonyl (C=O) groups excluding carboxylic acids is 1. The number of ether oxygens (including phenoxy) is 1. The normalized spacial score (nSPS) is 17.8. The second-order valence-corrected chi connectivity index (χ2v) is 8.29. The highest BCUT2D eigenvalue weighted by molar-refractivity contribution is 6.05. The molecule has 3 N–H and O–H groups in total. The number of hydrogen-bond acceptors (Lipinski definition) is 4. The summed E-state index contributed by atoms with van der Waals surface area (Å²) in [5.41, 5.74) is 7.60. The Hall–Kier alpha value is -2.67. The van der Waals surface area contributed by atoms with E-state index >= 15 is 0 Å². The van der Waals surface area contributed by atoms with Gasteiger partial charge in [-0.3, -0.25) is 4.98 Å². The van der Waals surface area contributed by atoms with Crippen LogP contribution in [0, 0.1) is 11.8 Å². The highest BCUT2D eigenvalue weighted by atomic mass is 16.5. The fourth-order valence-electron chi connectivity index (χ4n) is 4.33. The number of nitrogens with two attached hydrogens (primary N) is 1. The number of carbonyl (C=O) groups is 1. The lowest BCUT2D eigenvalue weighted by Gasteiger charge is -2.33. The molecule has 0 aliphatic carbocycles. The number of anilines is 1. The van der Waals surface area contributed by atoms with Crippen molar-refractivity contribution in [1.82, 2.24) is 9.88 Å². The predicted octanol–water partition coefficient (Wildman–Crippen LogP) is 4.67. The number of urea groups is 1. The molecule has 0 saturated carbocycles. The van der Waals surface area contributed by atoms with Crippen molar-refractivity contribution in [2.24, 2.45) is 22.6 Å². The Morgan fingerprint density at radius 2 is 2.16 bits per heavy atom. The van der Waals surface area contributed by atoms with E-state index in [1.54, 1.807) is 25.4 Å². The number of amidine groups is 1. The summed E-state index contributed by atoms with van der Waals surface area (Å²) in [5.74, 6) is 1.98. The maximum Gasteiger partial charge on any atom is 0.347 e. The van der Waals surface area contributed by atoms with E-state index in [-0.39, 0.29) is 5.92 Å². The van der Waals surface area contributed by atoms with Crippen molar-refractivity contribution in [3.05, 3.63) is 30.5 Å². The van der Waals surface area contributed by atoms with Gasteiger partial charge in [-0.25, -0.2) is 4.79 Å². The lowest BCUT2D eigenvalue weighted by Crippen LogP contribution is -2.42. The van der Waals surface area contributed by atoms with Gasteiger partial charge in [0, 0.05) is 24.0 Å². The van der Waals surface area contributed by atoms with Crippen LogP contribution in [0.3, 0.4) is 0 Å². The Labute approximate surface area is 185 Å². The van der Waals surface area contributed by atoms with Gasteiger partial charge in [-0.05, 0) is 62.5 Å². The number of piperidine rings is 1. The summed E-state index contributed by atoms with van der Waals surface area (Å²) in [6, 6.07) is 6.85. The van der Waals surface area contributed by atoms with Crippen LogP contribution in [-0.4, -0.2) is 48.5 Å². The van der Waals surface area contributed by atoms with E-state index in [1.165, 1.54) is 19.3 Å². The smallest absolute Gasteiger partial charge is 0.347 e. The molecule has 0 unspecified atom stereocenters. The fraction of sp³-hybridized carbons (Fsp3) is 0.542. The lowest BCUT2D eigenvalue weighted by atomic mass is 9.95. The second kappa shape index (κ2) is 11.1.